The maximum atomic E-state index is 13.2. The molecule has 4 heterocycles. The number of hydrogen-bond acceptors (Lipinski definition) is 5. The summed E-state index contributed by atoms with van der Waals surface area (Å²) in [7, 11) is 0. The van der Waals surface area contributed by atoms with E-state index >= 15 is 0 Å². The van der Waals surface area contributed by atoms with Crippen molar-refractivity contribution in [1.29, 1.82) is 0 Å². The Hall–Kier alpha value is -2.31. The Kier molecular flexibility index (Phi) is 4.84. The molecular weight excluding hydrogens is 430 g/mol. The lowest BCUT2D eigenvalue weighted by Gasteiger charge is -2.33. The van der Waals surface area contributed by atoms with E-state index < -0.39 is 0 Å². The number of nitrogens with zero attached hydrogens (tertiary/aromatic N) is 3. The monoisotopic (exact) mass is 451 g/mol. The zero-order valence-corrected chi connectivity index (χ0v) is 17.7. The van der Waals surface area contributed by atoms with Crippen LogP contribution in [0, 0.1) is 5.41 Å². The van der Waals surface area contributed by atoms with Crippen molar-refractivity contribution in [3.63, 3.8) is 0 Å². The summed E-state index contributed by atoms with van der Waals surface area (Å²) in [5.74, 6) is -0.274. The lowest BCUT2D eigenvalue weighted by molar-refractivity contribution is 0.0226. The molecule has 6 heteroatoms. The van der Waals surface area contributed by atoms with E-state index in [2.05, 4.69) is 25.8 Å². The highest BCUT2D eigenvalue weighted by atomic mass is 79.9. The Bertz CT molecular complexity index is 1070. The Morgan fingerprint density at radius 1 is 1.14 bits per heavy atom. The maximum Gasteiger partial charge on any atom is 0.338 e. The molecule has 2 saturated heterocycles. The van der Waals surface area contributed by atoms with E-state index in [9.17, 15) is 4.79 Å². The van der Waals surface area contributed by atoms with Crippen LogP contribution < -0.4 is 0 Å². The second-order valence-electron chi connectivity index (χ2n) is 8.16. The molecule has 1 aromatic carbocycles. The van der Waals surface area contributed by atoms with Gasteiger partial charge in [0.15, 0.2) is 0 Å². The average molecular weight is 452 g/mol. The summed E-state index contributed by atoms with van der Waals surface area (Å²) in [6.07, 6.45) is 6.91. The number of carbonyl (C=O) groups is 1. The number of carbonyl (C=O) groups excluding carboxylic acids is 1. The van der Waals surface area contributed by atoms with E-state index in [4.69, 9.17) is 9.72 Å². The minimum atomic E-state index is -0.274. The largest absolute Gasteiger partial charge is 0.461 e. The van der Waals surface area contributed by atoms with Crippen LogP contribution in [-0.2, 0) is 4.74 Å². The van der Waals surface area contributed by atoms with Gasteiger partial charge in [-0.25, -0.2) is 9.78 Å². The number of esters is 1. The number of pyridine rings is 2. The van der Waals surface area contributed by atoms with Gasteiger partial charge in [0.05, 0.1) is 23.4 Å². The molecule has 2 aliphatic heterocycles. The minimum Gasteiger partial charge on any atom is -0.461 e. The molecule has 0 radical (unpaired) electrons. The van der Waals surface area contributed by atoms with Gasteiger partial charge in [-0.2, -0.15) is 0 Å². The predicted molar refractivity (Wildman–Crippen MR) is 116 cm³/mol. The highest BCUT2D eigenvalue weighted by Gasteiger charge is 2.41. The molecule has 2 unspecified atom stereocenters. The smallest absolute Gasteiger partial charge is 0.338 e. The number of piperidine rings is 1. The molecule has 0 amide bonds. The molecule has 2 bridgehead atoms. The van der Waals surface area contributed by atoms with E-state index in [1.54, 1.807) is 12.4 Å². The summed E-state index contributed by atoms with van der Waals surface area (Å²) in [6.45, 7) is 3.83. The van der Waals surface area contributed by atoms with Gasteiger partial charge in [-0.3, -0.25) is 4.98 Å². The predicted octanol–water partition coefficient (Wildman–Crippen LogP) is 4.70. The average Bonchev–Trinajstić information content (AvgIpc) is 3.05. The van der Waals surface area contributed by atoms with E-state index in [1.165, 1.54) is 13.0 Å². The molecular formula is C23H22BrN3O2. The molecule has 3 aromatic rings. The fourth-order valence-electron chi connectivity index (χ4n) is 4.62. The summed E-state index contributed by atoms with van der Waals surface area (Å²) in [5, 5.41) is 0.802. The van der Waals surface area contributed by atoms with Crippen LogP contribution >= 0.6 is 15.9 Å². The van der Waals surface area contributed by atoms with Gasteiger partial charge in [0, 0.05) is 39.8 Å². The molecule has 0 N–H and O–H groups in total. The van der Waals surface area contributed by atoms with Crippen molar-refractivity contribution in [1.82, 2.24) is 14.9 Å². The Morgan fingerprint density at radius 3 is 2.86 bits per heavy atom. The Morgan fingerprint density at radius 2 is 2.00 bits per heavy atom. The third-order valence-electron chi connectivity index (χ3n) is 6.18. The second kappa shape index (κ2) is 7.50. The number of aromatic nitrogens is 2. The molecule has 2 atom stereocenters. The van der Waals surface area contributed by atoms with Gasteiger partial charge in [-0.05, 0) is 68.8 Å². The first kappa shape index (κ1) is 18.7. The zero-order valence-electron chi connectivity index (χ0n) is 16.1. The summed E-state index contributed by atoms with van der Waals surface area (Å²) in [5.41, 5.74) is 3.14. The summed E-state index contributed by atoms with van der Waals surface area (Å²) < 4.78 is 6.82. The number of ether oxygens (including phenoxy) is 1. The SMILES string of the molecule is O=C(OCC12CCCN(CC1)C2)c1cc(-c2ccncc2)nc2ccc(Br)cc12. The Balaban J connectivity index is 1.49. The van der Waals surface area contributed by atoms with Gasteiger partial charge in [0.25, 0.3) is 0 Å². The third-order valence-corrected chi connectivity index (χ3v) is 6.67. The van der Waals surface area contributed by atoms with Crippen molar-refractivity contribution in [2.75, 3.05) is 26.2 Å². The maximum absolute atomic E-state index is 13.2. The molecule has 29 heavy (non-hydrogen) atoms. The highest BCUT2D eigenvalue weighted by Crippen LogP contribution is 2.39. The standard InChI is InChI=1S/C23H22BrN3O2/c24-17-2-3-20-18(12-17)19(13-21(26-20)16-4-8-25-9-5-16)22(28)29-15-23-6-1-10-27(14-23)11-7-23/h2-5,8-9,12-13H,1,6-7,10-11,14-15H2. The molecule has 0 aliphatic carbocycles. The molecule has 2 aromatic heterocycles. The number of fused-ring (bicyclic) bond motifs is 3. The fourth-order valence-corrected chi connectivity index (χ4v) is 4.99. The summed E-state index contributed by atoms with van der Waals surface area (Å²) >= 11 is 3.51. The lowest BCUT2D eigenvalue weighted by Crippen LogP contribution is -2.37. The van der Waals surface area contributed by atoms with Crippen LogP contribution in [0.4, 0.5) is 0 Å². The van der Waals surface area contributed by atoms with Crippen molar-refractivity contribution in [3.05, 3.63) is 58.8 Å². The van der Waals surface area contributed by atoms with Crippen LogP contribution in [0.3, 0.4) is 0 Å². The van der Waals surface area contributed by atoms with Crippen LogP contribution in [0.1, 0.15) is 29.6 Å². The van der Waals surface area contributed by atoms with Gasteiger partial charge in [-0.15, -0.1) is 0 Å². The van der Waals surface area contributed by atoms with E-state index in [0.717, 1.165) is 52.6 Å². The minimum absolute atomic E-state index is 0.130. The topological polar surface area (TPSA) is 55.3 Å². The van der Waals surface area contributed by atoms with Gasteiger partial charge < -0.3 is 9.64 Å². The normalized spacial score (nSPS) is 23.3. The molecule has 0 saturated carbocycles. The molecule has 2 fully saturated rings. The Labute approximate surface area is 178 Å². The van der Waals surface area contributed by atoms with Crippen molar-refractivity contribution in [2.45, 2.75) is 19.3 Å². The second-order valence-corrected chi connectivity index (χ2v) is 9.07. The van der Waals surface area contributed by atoms with E-state index in [1.807, 2.05) is 36.4 Å². The molecule has 148 valence electrons. The number of hydrogen-bond donors (Lipinski definition) is 0. The molecule has 2 aliphatic rings. The number of benzene rings is 1. The first-order chi connectivity index (χ1) is 14.1. The van der Waals surface area contributed by atoms with Crippen LogP contribution in [0.5, 0.6) is 0 Å². The number of halogens is 1. The number of rotatable bonds is 4. The summed E-state index contributed by atoms with van der Waals surface area (Å²) in [4.78, 5) is 24.5. The highest BCUT2D eigenvalue weighted by molar-refractivity contribution is 9.10. The summed E-state index contributed by atoms with van der Waals surface area (Å²) in [6, 6.07) is 11.4. The van der Waals surface area contributed by atoms with Crippen LogP contribution in [0.15, 0.2) is 53.3 Å². The van der Waals surface area contributed by atoms with Crippen molar-refractivity contribution in [3.8, 4) is 11.3 Å². The molecule has 5 rings (SSSR count). The fraction of sp³-hybridized carbons (Fsp3) is 0.348. The van der Waals surface area contributed by atoms with Gasteiger partial charge in [-0.1, -0.05) is 15.9 Å². The molecule has 5 nitrogen and oxygen atoms in total. The third kappa shape index (κ3) is 3.67. The van der Waals surface area contributed by atoms with Crippen molar-refractivity contribution >= 4 is 32.8 Å². The van der Waals surface area contributed by atoms with E-state index in [-0.39, 0.29) is 11.4 Å². The first-order valence-corrected chi connectivity index (χ1v) is 10.8. The first-order valence-electron chi connectivity index (χ1n) is 10.0. The zero-order chi connectivity index (χ0) is 19.8. The van der Waals surface area contributed by atoms with Crippen molar-refractivity contribution < 1.29 is 9.53 Å². The lowest BCUT2D eigenvalue weighted by atomic mass is 9.82. The van der Waals surface area contributed by atoms with Crippen LogP contribution in [0.25, 0.3) is 22.2 Å². The van der Waals surface area contributed by atoms with E-state index in [0.29, 0.717) is 12.2 Å². The van der Waals surface area contributed by atoms with Gasteiger partial charge >= 0.3 is 5.97 Å². The van der Waals surface area contributed by atoms with Gasteiger partial charge in [0.1, 0.15) is 0 Å². The quantitative estimate of drug-likeness (QED) is 0.537. The van der Waals surface area contributed by atoms with Crippen molar-refractivity contribution in [2.24, 2.45) is 5.41 Å². The van der Waals surface area contributed by atoms with Gasteiger partial charge in [0.2, 0.25) is 0 Å². The molecule has 0 spiro atoms. The van der Waals surface area contributed by atoms with Crippen LogP contribution in [-0.4, -0.2) is 47.1 Å². The van der Waals surface area contributed by atoms with Crippen LogP contribution in [0.2, 0.25) is 0 Å².